The number of nitrogens with one attached hydrogen (secondary N) is 1. The van der Waals surface area contributed by atoms with Gasteiger partial charge in [-0.15, -0.1) is 0 Å². The Hall–Kier alpha value is -5.98. The van der Waals surface area contributed by atoms with E-state index in [0.717, 1.165) is 10.6 Å². The predicted octanol–water partition coefficient (Wildman–Crippen LogP) is 9.10. The number of nitrogens with zero attached hydrogens (tertiary/aromatic N) is 3. The van der Waals surface area contributed by atoms with Gasteiger partial charge in [0, 0.05) is 22.5 Å². The highest BCUT2D eigenvalue weighted by atomic mass is 35.5. The van der Waals surface area contributed by atoms with Crippen LogP contribution in [-0.4, -0.2) is 38.7 Å². The van der Waals surface area contributed by atoms with Crippen molar-refractivity contribution < 1.29 is 37.5 Å². The number of alkyl halides is 3. The van der Waals surface area contributed by atoms with Gasteiger partial charge >= 0.3 is 6.18 Å². The normalized spacial score (nSPS) is 25.4. The SMILES string of the molecule is C=Cc1ccc(N2C(=O)[C@H]3[C@H](CC=C4[C@H]3C[C@H]3C(=O)N(Nc5ncc(C(F)(F)F)cc5Cl)C(=O)[C@@]3(c3ccc(Cl)cc3)[C@H]4c3ccc(O)c4ccccc34)C2=O)cc1. The molecule has 6 atom stereocenters. The van der Waals surface area contributed by atoms with Crippen molar-refractivity contribution >= 4 is 75.2 Å². The van der Waals surface area contributed by atoms with E-state index >= 15 is 9.59 Å². The molecule has 2 aliphatic carbocycles. The number of rotatable bonds is 6. The third kappa shape index (κ3) is 5.49. The standard InChI is InChI=1S/C44H31Cl2F3N4O5/c1-2-22-7-13-26(14-8-22)52-39(55)31-16-15-30-32(36(31)41(52)57)20-33-40(56)53(51-38-34(46)19-24(21-50-38)44(47,48)49)42(58)43(33,23-9-11-25(45)12-10-23)37(30)29-17-18-35(54)28-6-4-3-5-27(28)29/h2-15,17-19,21,31-33,36-37,54H,1,16,20H2,(H,50,51)/t31-,32+,33-,36-,37-,43+/m0/s1. The number of aromatic nitrogens is 1. The maximum atomic E-state index is 15.5. The number of allylic oxidation sites excluding steroid dienone is 2. The first kappa shape index (κ1) is 37.6. The number of benzene rings is 4. The molecule has 4 amide bonds. The molecule has 4 aromatic carbocycles. The number of phenols is 1. The van der Waals surface area contributed by atoms with Crippen LogP contribution in [0.3, 0.4) is 0 Å². The van der Waals surface area contributed by atoms with Gasteiger partial charge in [0.05, 0.1) is 39.4 Å². The number of carbonyl (C=O) groups is 4. The Morgan fingerprint density at radius 2 is 1.59 bits per heavy atom. The summed E-state index contributed by atoms with van der Waals surface area (Å²) in [5.74, 6) is -7.18. The van der Waals surface area contributed by atoms with E-state index in [9.17, 15) is 27.9 Å². The van der Waals surface area contributed by atoms with Crippen LogP contribution in [0.15, 0.2) is 115 Å². The second-order valence-electron chi connectivity index (χ2n) is 14.9. The van der Waals surface area contributed by atoms with Gasteiger partial charge in [-0.25, -0.2) is 4.98 Å². The lowest BCUT2D eigenvalue weighted by molar-refractivity contribution is -0.139. The van der Waals surface area contributed by atoms with Gasteiger partial charge in [-0.3, -0.25) is 29.5 Å². The van der Waals surface area contributed by atoms with Gasteiger partial charge in [-0.1, -0.05) is 102 Å². The summed E-state index contributed by atoms with van der Waals surface area (Å²) in [6.07, 6.45) is -0.523. The number of hydrogen-bond donors (Lipinski definition) is 2. The van der Waals surface area contributed by atoms with Crippen LogP contribution in [0.1, 0.15) is 41.0 Å². The molecule has 0 radical (unpaired) electrons. The van der Waals surface area contributed by atoms with Crippen molar-refractivity contribution in [1.82, 2.24) is 9.99 Å². The summed E-state index contributed by atoms with van der Waals surface area (Å²) in [6.45, 7) is 3.78. The number of halogens is 5. The number of amides is 4. The maximum Gasteiger partial charge on any atom is 0.417 e. The van der Waals surface area contributed by atoms with Crippen molar-refractivity contribution in [2.45, 2.75) is 30.4 Å². The Labute approximate surface area is 339 Å². The molecule has 2 aliphatic heterocycles. The van der Waals surface area contributed by atoms with E-state index in [1.165, 1.54) is 11.0 Å². The zero-order valence-electron chi connectivity index (χ0n) is 30.2. The number of carbonyl (C=O) groups excluding carboxylic acids is 4. The average Bonchev–Trinajstić information content (AvgIpc) is 3.59. The molecule has 9 rings (SSSR count). The van der Waals surface area contributed by atoms with E-state index in [0.29, 0.717) is 50.4 Å². The van der Waals surface area contributed by atoms with Crippen LogP contribution in [-0.2, 0) is 30.8 Å². The van der Waals surface area contributed by atoms with Crippen molar-refractivity contribution in [2.24, 2.45) is 23.7 Å². The molecular formula is C44H31Cl2F3N4O5. The minimum atomic E-state index is -4.76. The summed E-state index contributed by atoms with van der Waals surface area (Å²) in [7, 11) is 0. The first-order chi connectivity index (χ1) is 27.7. The van der Waals surface area contributed by atoms with Gasteiger partial charge in [0.1, 0.15) is 5.75 Å². The molecule has 2 N–H and O–H groups in total. The van der Waals surface area contributed by atoms with Crippen LogP contribution >= 0.6 is 23.2 Å². The molecule has 3 heterocycles. The number of hydrazine groups is 1. The summed E-state index contributed by atoms with van der Waals surface area (Å²) in [5, 5.41) is 12.7. The van der Waals surface area contributed by atoms with Crippen molar-refractivity contribution in [3.63, 3.8) is 0 Å². The third-order valence-electron chi connectivity index (χ3n) is 12.2. The highest BCUT2D eigenvalue weighted by molar-refractivity contribution is 6.33. The molecule has 0 unspecified atom stereocenters. The molecule has 0 bridgehead atoms. The highest BCUT2D eigenvalue weighted by Crippen LogP contribution is 2.65. The molecule has 5 aromatic rings. The first-order valence-electron chi connectivity index (χ1n) is 18.4. The molecule has 14 heteroatoms. The van der Waals surface area contributed by atoms with Crippen molar-refractivity contribution in [3.8, 4) is 5.75 Å². The zero-order chi connectivity index (χ0) is 40.8. The number of imide groups is 2. The van der Waals surface area contributed by atoms with Crippen LogP contribution < -0.4 is 10.3 Å². The van der Waals surface area contributed by atoms with Gasteiger partial charge < -0.3 is 5.11 Å². The lowest BCUT2D eigenvalue weighted by Crippen LogP contribution is -2.53. The quantitative estimate of drug-likeness (QED) is 0.130. The third-order valence-corrected chi connectivity index (χ3v) is 12.7. The van der Waals surface area contributed by atoms with Gasteiger partial charge in [0.2, 0.25) is 11.8 Å². The monoisotopic (exact) mass is 822 g/mol. The van der Waals surface area contributed by atoms with E-state index in [1.54, 1.807) is 84.9 Å². The van der Waals surface area contributed by atoms with Gasteiger partial charge in [0.25, 0.3) is 11.8 Å². The maximum absolute atomic E-state index is 15.5. The van der Waals surface area contributed by atoms with Gasteiger partial charge in [0.15, 0.2) is 5.82 Å². The van der Waals surface area contributed by atoms with E-state index in [2.05, 4.69) is 17.0 Å². The molecule has 0 spiro atoms. The fourth-order valence-electron chi connectivity index (χ4n) is 9.70. The van der Waals surface area contributed by atoms with Crippen LogP contribution in [0.5, 0.6) is 5.75 Å². The topological polar surface area (TPSA) is 120 Å². The Morgan fingerprint density at radius 1 is 0.879 bits per heavy atom. The molecule has 9 nitrogen and oxygen atoms in total. The molecule has 1 saturated carbocycles. The Balaban J connectivity index is 1.25. The molecular weight excluding hydrogens is 792 g/mol. The molecule has 3 fully saturated rings. The van der Waals surface area contributed by atoms with Gasteiger partial charge in [-0.2, -0.15) is 18.2 Å². The van der Waals surface area contributed by atoms with Crippen LogP contribution in [0.4, 0.5) is 24.7 Å². The fourth-order valence-corrected chi connectivity index (χ4v) is 10.0. The summed E-state index contributed by atoms with van der Waals surface area (Å²) >= 11 is 12.7. The van der Waals surface area contributed by atoms with Crippen LogP contribution in [0, 0.1) is 23.7 Å². The van der Waals surface area contributed by atoms with E-state index in [4.69, 9.17) is 23.2 Å². The fraction of sp³-hybridized carbons (Fsp3) is 0.205. The number of anilines is 2. The number of pyridine rings is 1. The molecule has 58 heavy (non-hydrogen) atoms. The van der Waals surface area contributed by atoms with E-state index in [1.807, 2.05) is 6.08 Å². The van der Waals surface area contributed by atoms with Crippen molar-refractivity contribution in [1.29, 1.82) is 0 Å². The zero-order valence-corrected chi connectivity index (χ0v) is 31.7. The number of phenolic OH excluding ortho intramolecular Hbond substituents is 1. The summed E-state index contributed by atoms with van der Waals surface area (Å²) in [4.78, 5) is 64.4. The smallest absolute Gasteiger partial charge is 0.417 e. The Kier molecular flexibility index (Phi) is 8.79. The summed E-state index contributed by atoms with van der Waals surface area (Å²) < 4.78 is 40.7. The predicted molar refractivity (Wildman–Crippen MR) is 212 cm³/mol. The minimum Gasteiger partial charge on any atom is -0.507 e. The second-order valence-corrected chi connectivity index (χ2v) is 15.8. The summed E-state index contributed by atoms with van der Waals surface area (Å²) in [6, 6.07) is 24.3. The minimum absolute atomic E-state index is 0.0173. The van der Waals surface area contributed by atoms with E-state index < -0.39 is 69.5 Å². The second kappa shape index (κ2) is 13.6. The lowest BCUT2D eigenvalue weighted by Gasteiger charge is -2.51. The molecule has 1 aromatic heterocycles. The van der Waals surface area contributed by atoms with Crippen molar-refractivity contribution in [2.75, 3.05) is 10.3 Å². The van der Waals surface area contributed by atoms with E-state index in [-0.39, 0.29) is 30.3 Å². The van der Waals surface area contributed by atoms with Crippen LogP contribution in [0.25, 0.3) is 16.8 Å². The van der Waals surface area contributed by atoms with Crippen LogP contribution in [0.2, 0.25) is 10.0 Å². The Morgan fingerprint density at radius 3 is 2.26 bits per heavy atom. The summed E-state index contributed by atoms with van der Waals surface area (Å²) in [5.41, 5.74) is 2.64. The number of aromatic hydroxyl groups is 1. The first-order valence-corrected chi connectivity index (χ1v) is 19.2. The number of hydrogen-bond acceptors (Lipinski definition) is 7. The highest BCUT2D eigenvalue weighted by Gasteiger charge is 2.70. The average molecular weight is 824 g/mol. The van der Waals surface area contributed by atoms with Gasteiger partial charge in [-0.05, 0) is 77.2 Å². The molecule has 292 valence electrons. The Bertz CT molecular complexity index is 2630. The number of fused-ring (bicyclic) bond motifs is 5. The molecule has 4 aliphatic rings. The molecule has 2 saturated heterocycles. The van der Waals surface area contributed by atoms with Crippen molar-refractivity contribution in [3.05, 3.63) is 148 Å². The lowest BCUT2D eigenvalue weighted by atomic mass is 9.49. The largest absolute Gasteiger partial charge is 0.507 e.